The number of carbonyl (C=O) groups is 1. The number of hydrogen-bond donors (Lipinski definition) is 2. The summed E-state index contributed by atoms with van der Waals surface area (Å²) in [5.74, 6) is -0.0727. The molecule has 1 aromatic carbocycles. The van der Waals surface area contributed by atoms with Crippen molar-refractivity contribution in [1.82, 2.24) is 5.32 Å². The first kappa shape index (κ1) is 14.4. The largest absolute Gasteiger partial charge is 0.389 e. The number of amides is 1. The number of rotatable bonds is 5. The Morgan fingerprint density at radius 2 is 2.00 bits per heavy atom. The number of aliphatic hydroxyl groups is 1. The van der Waals surface area contributed by atoms with E-state index in [1.54, 1.807) is 0 Å². The Hall–Kier alpha value is -1.06. The molecule has 4 heteroatoms. The summed E-state index contributed by atoms with van der Waals surface area (Å²) in [5, 5.41) is 13.7. The topological polar surface area (TPSA) is 49.3 Å². The van der Waals surface area contributed by atoms with Crippen molar-refractivity contribution in [2.24, 2.45) is 0 Å². The van der Waals surface area contributed by atoms with E-state index in [0.717, 1.165) is 36.3 Å². The van der Waals surface area contributed by atoms with Crippen molar-refractivity contribution >= 4 is 17.5 Å². The zero-order valence-corrected chi connectivity index (χ0v) is 11.7. The van der Waals surface area contributed by atoms with Gasteiger partial charge in [0.1, 0.15) is 0 Å². The van der Waals surface area contributed by atoms with Crippen molar-refractivity contribution in [2.45, 2.75) is 44.1 Å². The molecule has 1 saturated carbocycles. The van der Waals surface area contributed by atoms with E-state index in [9.17, 15) is 9.90 Å². The molecule has 1 aliphatic carbocycles. The van der Waals surface area contributed by atoms with Crippen LogP contribution in [0.3, 0.4) is 0 Å². The van der Waals surface area contributed by atoms with Gasteiger partial charge in [0.25, 0.3) is 0 Å². The van der Waals surface area contributed by atoms with Crippen molar-refractivity contribution in [2.75, 3.05) is 6.54 Å². The maximum absolute atomic E-state index is 11.8. The predicted molar refractivity (Wildman–Crippen MR) is 76.2 cm³/mol. The minimum absolute atomic E-state index is 0.0727. The third-order valence-electron chi connectivity index (χ3n) is 3.70. The average molecular weight is 282 g/mol. The molecule has 0 atom stereocenters. The number of hydrogen-bond acceptors (Lipinski definition) is 2. The summed E-state index contributed by atoms with van der Waals surface area (Å²) in [6.07, 6.45) is 4.45. The highest BCUT2D eigenvalue weighted by atomic mass is 35.5. The van der Waals surface area contributed by atoms with E-state index < -0.39 is 5.60 Å². The summed E-state index contributed by atoms with van der Waals surface area (Å²) >= 11 is 6.05. The van der Waals surface area contributed by atoms with E-state index >= 15 is 0 Å². The highest BCUT2D eigenvalue weighted by Gasteiger charge is 2.33. The van der Waals surface area contributed by atoms with E-state index in [1.807, 2.05) is 24.3 Å². The molecule has 1 amide bonds. The van der Waals surface area contributed by atoms with Crippen LogP contribution in [-0.2, 0) is 11.2 Å². The van der Waals surface area contributed by atoms with Crippen LogP contribution in [0.5, 0.6) is 0 Å². The van der Waals surface area contributed by atoms with Gasteiger partial charge in [0.2, 0.25) is 5.91 Å². The van der Waals surface area contributed by atoms with Crippen molar-refractivity contribution in [3.63, 3.8) is 0 Å². The minimum atomic E-state index is -0.769. The van der Waals surface area contributed by atoms with Gasteiger partial charge in [-0.2, -0.15) is 0 Å². The molecule has 19 heavy (non-hydrogen) atoms. The van der Waals surface area contributed by atoms with Crippen LogP contribution < -0.4 is 5.32 Å². The summed E-state index contributed by atoms with van der Waals surface area (Å²) in [6, 6.07) is 7.63. The molecule has 0 aromatic heterocycles. The molecule has 0 radical (unpaired) electrons. The van der Waals surface area contributed by atoms with Crippen LogP contribution in [0.4, 0.5) is 0 Å². The predicted octanol–water partition coefficient (Wildman–Crippen LogP) is 2.69. The van der Waals surface area contributed by atoms with Gasteiger partial charge in [-0.3, -0.25) is 4.79 Å². The SMILES string of the molecule is O=C(CC1(O)CCCC1)NCCc1ccccc1Cl. The summed E-state index contributed by atoms with van der Waals surface area (Å²) in [7, 11) is 0. The van der Waals surface area contributed by atoms with Gasteiger partial charge in [-0.1, -0.05) is 42.6 Å². The molecular formula is C15H20ClNO2. The van der Waals surface area contributed by atoms with Gasteiger partial charge in [0.05, 0.1) is 12.0 Å². The molecule has 0 aliphatic heterocycles. The molecule has 0 bridgehead atoms. The van der Waals surface area contributed by atoms with Crippen LogP contribution >= 0.6 is 11.6 Å². The van der Waals surface area contributed by atoms with Gasteiger partial charge in [0.15, 0.2) is 0 Å². The average Bonchev–Trinajstić information content (AvgIpc) is 2.78. The lowest BCUT2D eigenvalue weighted by atomic mass is 9.97. The molecule has 1 aromatic rings. The van der Waals surface area contributed by atoms with E-state index in [2.05, 4.69) is 5.32 Å². The molecule has 0 heterocycles. The zero-order valence-electron chi connectivity index (χ0n) is 11.0. The summed E-state index contributed by atoms with van der Waals surface area (Å²) < 4.78 is 0. The Labute approximate surface area is 119 Å². The van der Waals surface area contributed by atoms with E-state index in [1.165, 1.54) is 0 Å². The summed E-state index contributed by atoms with van der Waals surface area (Å²) in [5.41, 5.74) is 0.262. The smallest absolute Gasteiger partial charge is 0.222 e. The Morgan fingerprint density at radius 1 is 1.32 bits per heavy atom. The maximum Gasteiger partial charge on any atom is 0.222 e. The van der Waals surface area contributed by atoms with E-state index in [4.69, 9.17) is 11.6 Å². The molecule has 3 nitrogen and oxygen atoms in total. The van der Waals surface area contributed by atoms with Crippen LogP contribution in [0.25, 0.3) is 0 Å². The van der Waals surface area contributed by atoms with Crippen molar-refractivity contribution in [1.29, 1.82) is 0 Å². The molecule has 104 valence electrons. The van der Waals surface area contributed by atoms with Crippen molar-refractivity contribution in [3.8, 4) is 0 Å². The highest BCUT2D eigenvalue weighted by Crippen LogP contribution is 2.32. The summed E-state index contributed by atoms with van der Waals surface area (Å²) in [4.78, 5) is 11.8. The number of benzene rings is 1. The molecule has 0 unspecified atom stereocenters. The van der Waals surface area contributed by atoms with Crippen LogP contribution in [0.15, 0.2) is 24.3 Å². The lowest BCUT2D eigenvalue weighted by molar-refractivity contribution is -0.125. The van der Waals surface area contributed by atoms with Crippen molar-refractivity contribution in [3.05, 3.63) is 34.9 Å². The number of carbonyl (C=O) groups excluding carboxylic acids is 1. The quantitative estimate of drug-likeness (QED) is 0.872. The van der Waals surface area contributed by atoms with Gasteiger partial charge in [-0.25, -0.2) is 0 Å². The third kappa shape index (κ3) is 4.22. The van der Waals surface area contributed by atoms with Crippen LogP contribution in [-0.4, -0.2) is 23.2 Å². The molecule has 1 fully saturated rings. The fourth-order valence-corrected chi connectivity index (χ4v) is 2.84. The van der Waals surface area contributed by atoms with Gasteiger partial charge in [0, 0.05) is 11.6 Å². The number of nitrogens with one attached hydrogen (secondary N) is 1. The van der Waals surface area contributed by atoms with E-state index in [-0.39, 0.29) is 12.3 Å². The molecule has 2 rings (SSSR count). The first-order valence-electron chi connectivity index (χ1n) is 6.82. The Balaban J connectivity index is 1.74. The number of halogens is 1. The van der Waals surface area contributed by atoms with Crippen LogP contribution in [0.1, 0.15) is 37.7 Å². The fraction of sp³-hybridized carbons (Fsp3) is 0.533. The van der Waals surface area contributed by atoms with Gasteiger partial charge >= 0.3 is 0 Å². The van der Waals surface area contributed by atoms with Crippen LogP contribution in [0.2, 0.25) is 5.02 Å². The molecular weight excluding hydrogens is 262 g/mol. The molecule has 0 saturated heterocycles. The van der Waals surface area contributed by atoms with Crippen LogP contribution in [0, 0.1) is 0 Å². The second kappa shape index (κ2) is 6.40. The van der Waals surface area contributed by atoms with Gasteiger partial charge in [-0.05, 0) is 30.9 Å². The van der Waals surface area contributed by atoms with Gasteiger partial charge < -0.3 is 10.4 Å². The monoisotopic (exact) mass is 281 g/mol. The normalized spacial score (nSPS) is 17.4. The molecule has 0 spiro atoms. The lowest BCUT2D eigenvalue weighted by Crippen LogP contribution is -2.35. The zero-order chi connectivity index (χ0) is 13.7. The Kier molecular flexibility index (Phi) is 4.83. The molecule has 1 aliphatic rings. The highest BCUT2D eigenvalue weighted by molar-refractivity contribution is 6.31. The fourth-order valence-electron chi connectivity index (χ4n) is 2.61. The second-order valence-corrected chi connectivity index (χ2v) is 5.71. The first-order valence-corrected chi connectivity index (χ1v) is 7.19. The first-order chi connectivity index (χ1) is 9.09. The summed E-state index contributed by atoms with van der Waals surface area (Å²) in [6.45, 7) is 0.554. The molecule has 2 N–H and O–H groups in total. The third-order valence-corrected chi connectivity index (χ3v) is 4.07. The standard InChI is InChI=1S/C15H20ClNO2/c16-13-6-2-1-5-12(13)7-10-17-14(18)11-15(19)8-3-4-9-15/h1-2,5-6,19H,3-4,7-11H2,(H,17,18). The van der Waals surface area contributed by atoms with Crippen molar-refractivity contribution < 1.29 is 9.90 Å². The second-order valence-electron chi connectivity index (χ2n) is 5.30. The maximum atomic E-state index is 11.8. The minimum Gasteiger partial charge on any atom is -0.389 e. The van der Waals surface area contributed by atoms with Gasteiger partial charge in [-0.15, -0.1) is 0 Å². The Bertz CT molecular complexity index is 442. The Morgan fingerprint density at radius 3 is 2.68 bits per heavy atom. The lowest BCUT2D eigenvalue weighted by Gasteiger charge is -2.21. The van der Waals surface area contributed by atoms with E-state index in [0.29, 0.717) is 13.0 Å².